The fraction of sp³-hybridized carbons (Fsp3) is 0.556. The van der Waals surface area contributed by atoms with Crippen LogP contribution < -0.4 is 0 Å². The van der Waals surface area contributed by atoms with Gasteiger partial charge < -0.3 is 10.2 Å². The predicted molar refractivity (Wildman–Crippen MR) is 61.4 cm³/mol. The van der Waals surface area contributed by atoms with Gasteiger partial charge in [-0.1, -0.05) is 0 Å². The highest BCUT2D eigenvalue weighted by atomic mass is 32.2. The number of hydrogen-bond donors (Lipinski definition) is 2. The van der Waals surface area contributed by atoms with Gasteiger partial charge in [0.1, 0.15) is 4.90 Å². The predicted octanol–water partition coefficient (Wildman–Crippen LogP) is -1.03. The molecule has 0 fully saturated rings. The van der Waals surface area contributed by atoms with E-state index in [0.29, 0.717) is 0 Å². The Morgan fingerprint density at radius 2 is 2.22 bits per heavy atom. The molecule has 0 amide bonds. The molecule has 9 heteroatoms. The van der Waals surface area contributed by atoms with Crippen LogP contribution in [0.1, 0.15) is 6.42 Å². The second-order valence-corrected chi connectivity index (χ2v) is 5.68. The molecule has 0 unspecified atom stereocenters. The topological polar surface area (TPSA) is 113 Å². The lowest BCUT2D eigenvalue weighted by Gasteiger charge is -2.13. The van der Waals surface area contributed by atoms with E-state index < -0.39 is 16.0 Å². The minimum atomic E-state index is -3.68. The van der Waals surface area contributed by atoms with E-state index in [1.54, 1.807) is 0 Å². The largest absolute Gasteiger partial charge is 0.481 e. The van der Waals surface area contributed by atoms with Crippen molar-refractivity contribution >= 4 is 16.0 Å². The van der Waals surface area contributed by atoms with Crippen molar-refractivity contribution in [3.8, 4) is 0 Å². The summed E-state index contributed by atoms with van der Waals surface area (Å²) in [7, 11) is -2.33. The van der Waals surface area contributed by atoms with Gasteiger partial charge in [-0.3, -0.25) is 9.48 Å². The molecule has 0 aliphatic carbocycles. The Hall–Kier alpha value is -1.45. The molecule has 8 nitrogen and oxygen atoms in total. The van der Waals surface area contributed by atoms with Gasteiger partial charge in [-0.25, -0.2) is 8.42 Å². The molecule has 0 aliphatic heterocycles. The van der Waals surface area contributed by atoms with Gasteiger partial charge in [0, 0.05) is 19.8 Å². The SMILES string of the molecule is CN(CCO)S(=O)(=O)c1cnn(CCC(=O)O)c1. The van der Waals surface area contributed by atoms with Crippen LogP contribution >= 0.6 is 0 Å². The van der Waals surface area contributed by atoms with E-state index in [-0.39, 0.29) is 31.0 Å². The van der Waals surface area contributed by atoms with Crippen molar-refractivity contribution in [3.05, 3.63) is 12.4 Å². The quantitative estimate of drug-likeness (QED) is 0.659. The van der Waals surface area contributed by atoms with Crippen LogP contribution in [0, 0.1) is 0 Å². The molecular weight excluding hydrogens is 262 g/mol. The molecule has 0 atom stereocenters. The van der Waals surface area contributed by atoms with Gasteiger partial charge in [-0.05, 0) is 0 Å². The summed E-state index contributed by atoms with van der Waals surface area (Å²) < 4.78 is 26.1. The maximum Gasteiger partial charge on any atom is 0.305 e. The van der Waals surface area contributed by atoms with Crippen LogP contribution in [0.3, 0.4) is 0 Å². The number of aromatic nitrogens is 2. The molecule has 0 saturated heterocycles. The summed E-state index contributed by atoms with van der Waals surface area (Å²) >= 11 is 0. The average molecular weight is 277 g/mol. The number of sulfonamides is 1. The Morgan fingerprint density at radius 1 is 1.56 bits per heavy atom. The van der Waals surface area contributed by atoms with Crippen molar-refractivity contribution in [3.63, 3.8) is 0 Å². The van der Waals surface area contributed by atoms with E-state index in [1.165, 1.54) is 17.9 Å². The smallest absolute Gasteiger partial charge is 0.305 e. The highest BCUT2D eigenvalue weighted by molar-refractivity contribution is 7.89. The molecule has 18 heavy (non-hydrogen) atoms. The minimum Gasteiger partial charge on any atom is -0.481 e. The first-order chi connectivity index (χ1) is 8.37. The van der Waals surface area contributed by atoms with Crippen molar-refractivity contribution in [2.45, 2.75) is 17.9 Å². The lowest BCUT2D eigenvalue weighted by atomic mass is 10.4. The van der Waals surface area contributed by atoms with E-state index >= 15 is 0 Å². The van der Waals surface area contributed by atoms with Crippen LogP contribution in [-0.4, -0.2) is 58.9 Å². The number of nitrogens with zero attached hydrogens (tertiary/aromatic N) is 3. The molecule has 1 heterocycles. The molecule has 0 aromatic carbocycles. The fourth-order valence-electron chi connectivity index (χ4n) is 1.25. The Balaban J connectivity index is 2.81. The van der Waals surface area contributed by atoms with Crippen molar-refractivity contribution in [1.29, 1.82) is 0 Å². The van der Waals surface area contributed by atoms with Gasteiger partial charge in [-0.15, -0.1) is 0 Å². The molecule has 0 saturated carbocycles. The molecule has 0 radical (unpaired) electrons. The number of carboxylic acid groups (broad SMARTS) is 1. The summed E-state index contributed by atoms with van der Waals surface area (Å²) in [4.78, 5) is 10.4. The molecule has 1 aromatic heterocycles. The van der Waals surface area contributed by atoms with Crippen LogP contribution in [0.4, 0.5) is 0 Å². The number of rotatable bonds is 7. The highest BCUT2D eigenvalue weighted by Gasteiger charge is 2.22. The third kappa shape index (κ3) is 3.52. The lowest BCUT2D eigenvalue weighted by Crippen LogP contribution is -2.29. The molecule has 0 bridgehead atoms. The van der Waals surface area contributed by atoms with Crippen molar-refractivity contribution in [1.82, 2.24) is 14.1 Å². The first-order valence-corrected chi connectivity index (χ1v) is 6.63. The summed E-state index contributed by atoms with van der Waals surface area (Å²) in [6.07, 6.45) is 2.30. The highest BCUT2D eigenvalue weighted by Crippen LogP contribution is 2.12. The third-order valence-corrected chi connectivity index (χ3v) is 4.10. The molecule has 1 rings (SSSR count). The van der Waals surface area contributed by atoms with Crippen LogP contribution in [0.15, 0.2) is 17.3 Å². The summed E-state index contributed by atoms with van der Waals surface area (Å²) in [6, 6.07) is 0. The molecule has 1 aromatic rings. The number of aliphatic hydroxyl groups is 1. The van der Waals surface area contributed by atoms with Crippen molar-refractivity contribution < 1.29 is 23.4 Å². The zero-order chi connectivity index (χ0) is 13.8. The third-order valence-electron chi connectivity index (χ3n) is 2.29. The molecular formula is C9H15N3O5S. The van der Waals surface area contributed by atoms with Gasteiger partial charge in [-0.2, -0.15) is 9.40 Å². The minimum absolute atomic E-state index is 0.0113. The lowest BCUT2D eigenvalue weighted by molar-refractivity contribution is -0.137. The maximum atomic E-state index is 11.9. The Kier molecular flexibility index (Phi) is 4.82. The van der Waals surface area contributed by atoms with Crippen LogP contribution in [0.5, 0.6) is 0 Å². The van der Waals surface area contributed by atoms with E-state index in [9.17, 15) is 13.2 Å². The van der Waals surface area contributed by atoms with Crippen molar-refractivity contribution in [2.24, 2.45) is 0 Å². The van der Waals surface area contributed by atoms with Gasteiger partial charge >= 0.3 is 5.97 Å². The number of likely N-dealkylation sites (N-methyl/N-ethyl adjacent to an activating group) is 1. The summed E-state index contributed by atoms with van der Waals surface area (Å²) in [5.74, 6) is -0.979. The Morgan fingerprint density at radius 3 is 2.78 bits per heavy atom. The number of hydrogen-bond acceptors (Lipinski definition) is 5. The van der Waals surface area contributed by atoms with E-state index in [1.807, 2.05) is 0 Å². The molecule has 102 valence electrons. The second kappa shape index (κ2) is 5.94. The maximum absolute atomic E-state index is 11.9. The molecule has 2 N–H and O–H groups in total. The first kappa shape index (κ1) is 14.6. The monoisotopic (exact) mass is 277 g/mol. The Labute approximate surface area is 104 Å². The van der Waals surface area contributed by atoms with E-state index in [4.69, 9.17) is 10.2 Å². The summed E-state index contributed by atoms with van der Waals surface area (Å²) in [5.41, 5.74) is 0. The van der Waals surface area contributed by atoms with E-state index in [2.05, 4.69) is 5.10 Å². The van der Waals surface area contributed by atoms with Gasteiger partial charge in [0.25, 0.3) is 0 Å². The van der Waals surface area contributed by atoms with Crippen molar-refractivity contribution in [2.75, 3.05) is 20.2 Å². The normalized spacial score (nSPS) is 11.9. The standard InChI is InChI=1S/C9H15N3O5S/c1-11(4-5-13)18(16,17)8-6-10-12(7-8)3-2-9(14)15/h6-7,13H,2-5H2,1H3,(H,14,15). The first-order valence-electron chi connectivity index (χ1n) is 5.19. The number of aliphatic carboxylic acids is 1. The number of carbonyl (C=O) groups is 1. The number of aryl methyl sites for hydroxylation is 1. The number of aliphatic hydroxyl groups excluding tert-OH is 1. The Bertz CT molecular complexity index is 510. The van der Waals surface area contributed by atoms with Crippen LogP contribution in [0.2, 0.25) is 0 Å². The molecule has 0 aliphatic rings. The van der Waals surface area contributed by atoms with Crippen LogP contribution in [-0.2, 0) is 21.4 Å². The second-order valence-electron chi connectivity index (χ2n) is 3.63. The van der Waals surface area contributed by atoms with Gasteiger partial charge in [0.15, 0.2) is 0 Å². The summed E-state index contributed by atoms with van der Waals surface area (Å²) in [5, 5.41) is 21.0. The van der Waals surface area contributed by atoms with Gasteiger partial charge in [0.05, 0.1) is 25.8 Å². The number of carboxylic acids is 1. The van der Waals surface area contributed by atoms with Gasteiger partial charge in [0.2, 0.25) is 10.0 Å². The summed E-state index contributed by atoms with van der Waals surface area (Å²) in [6.45, 7) is -0.180. The zero-order valence-corrected chi connectivity index (χ0v) is 10.7. The zero-order valence-electron chi connectivity index (χ0n) is 9.85. The average Bonchev–Trinajstić information content (AvgIpc) is 2.75. The van der Waals surface area contributed by atoms with Crippen LogP contribution in [0.25, 0.3) is 0 Å². The molecule has 0 spiro atoms. The van der Waals surface area contributed by atoms with E-state index in [0.717, 1.165) is 10.5 Å². The fourth-order valence-corrected chi connectivity index (χ4v) is 2.37.